The Morgan fingerprint density at radius 1 is 1.22 bits per heavy atom. The average Bonchev–Trinajstić information content (AvgIpc) is 3.18. The first kappa shape index (κ1) is 24.3. The molecule has 37 heavy (non-hydrogen) atoms. The van der Waals surface area contributed by atoms with Crippen LogP contribution in [0, 0.1) is 0 Å². The Bertz CT molecular complexity index is 1520. The van der Waals surface area contributed by atoms with Crippen LogP contribution in [0.25, 0.3) is 22.2 Å². The maximum absolute atomic E-state index is 13.3. The van der Waals surface area contributed by atoms with E-state index in [2.05, 4.69) is 16.5 Å². The van der Waals surface area contributed by atoms with Gasteiger partial charge in [-0.05, 0) is 74.9 Å². The maximum atomic E-state index is 13.3. The lowest BCUT2D eigenvalue weighted by atomic mass is 9.97. The first-order chi connectivity index (χ1) is 18.0. The number of para-hydroxylation sites is 2. The summed E-state index contributed by atoms with van der Waals surface area (Å²) >= 11 is 0. The molecule has 9 nitrogen and oxygen atoms in total. The Morgan fingerprint density at radius 2 is 2.03 bits per heavy atom. The number of anilines is 1. The van der Waals surface area contributed by atoms with Crippen molar-refractivity contribution in [2.24, 2.45) is 5.10 Å². The number of amides is 1. The third-order valence-electron chi connectivity index (χ3n) is 6.42. The van der Waals surface area contributed by atoms with Crippen molar-refractivity contribution < 1.29 is 14.6 Å². The lowest BCUT2D eigenvalue weighted by Gasteiger charge is -2.13. The number of ether oxygens (including phenoxy) is 1. The molecule has 5 rings (SSSR count). The molecule has 2 aromatic carbocycles. The van der Waals surface area contributed by atoms with Crippen molar-refractivity contribution in [1.82, 2.24) is 20.0 Å². The highest BCUT2D eigenvalue weighted by Crippen LogP contribution is 2.29. The van der Waals surface area contributed by atoms with Crippen LogP contribution in [-0.4, -0.2) is 45.0 Å². The van der Waals surface area contributed by atoms with E-state index in [1.165, 1.54) is 29.2 Å². The minimum atomic E-state index is -0.305. The zero-order valence-corrected chi connectivity index (χ0v) is 20.8. The fourth-order valence-corrected chi connectivity index (χ4v) is 4.55. The first-order valence-corrected chi connectivity index (χ1v) is 12.6. The van der Waals surface area contributed by atoms with Gasteiger partial charge in [0.05, 0.1) is 23.9 Å². The zero-order chi connectivity index (χ0) is 25.8. The van der Waals surface area contributed by atoms with Crippen molar-refractivity contribution >= 4 is 40.1 Å². The van der Waals surface area contributed by atoms with Gasteiger partial charge in [0.15, 0.2) is 17.1 Å². The lowest BCUT2D eigenvalue weighted by molar-refractivity contribution is 0.0956. The number of benzene rings is 2. The van der Waals surface area contributed by atoms with E-state index in [1.807, 2.05) is 31.2 Å². The Labute approximate surface area is 214 Å². The molecule has 4 aromatic rings. The first-order valence-electron chi connectivity index (χ1n) is 12.6. The van der Waals surface area contributed by atoms with Gasteiger partial charge in [-0.15, -0.1) is 0 Å². The summed E-state index contributed by atoms with van der Waals surface area (Å²) in [6.07, 6.45) is 9.31. The van der Waals surface area contributed by atoms with Crippen LogP contribution >= 0.6 is 0 Å². The predicted molar refractivity (Wildman–Crippen MR) is 145 cm³/mol. The number of phenols is 1. The predicted octanol–water partition coefficient (Wildman–Crippen LogP) is 4.77. The van der Waals surface area contributed by atoms with Crippen LogP contribution in [0.1, 0.15) is 54.9 Å². The molecule has 0 spiro atoms. The fraction of sp³-hybridized carbons (Fsp3) is 0.286. The van der Waals surface area contributed by atoms with Gasteiger partial charge in [0.1, 0.15) is 16.9 Å². The third-order valence-corrected chi connectivity index (χ3v) is 6.42. The molecular weight excluding hydrogens is 468 g/mol. The average molecular weight is 499 g/mol. The summed E-state index contributed by atoms with van der Waals surface area (Å²) in [6, 6.07) is 12.4. The second-order valence-corrected chi connectivity index (χ2v) is 8.98. The largest absolute Gasteiger partial charge is 0.504 e. The molecule has 2 aromatic heterocycles. The molecule has 0 radical (unpaired) electrons. The van der Waals surface area contributed by atoms with Crippen LogP contribution < -0.4 is 15.8 Å². The molecule has 1 aliphatic carbocycles. The van der Waals surface area contributed by atoms with Gasteiger partial charge in [0, 0.05) is 6.54 Å². The summed E-state index contributed by atoms with van der Waals surface area (Å²) < 4.78 is 6.90. The number of nitrogen functional groups attached to an aromatic ring is 1. The van der Waals surface area contributed by atoms with E-state index >= 15 is 0 Å². The summed E-state index contributed by atoms with van der Waals surface area (Å²) in [6.45, 7) is 2.78. The second kappa shape index (κ2) is 10.7. The number of nitrogens with zero attached hydrogens (tertiary/aromatic N) is 4. The zero-order valence-electron chi connectivity index (χ0n) is 20.8. The van der Waals surface area contributed by atoms with E-state index in [4.69, 9.17) is 20.4 Å². The van der Waals surface area contributed by atoms with Crippen molar-refractivity contribution in [3.8, 4) is 11.5 Å². The van der Waals surface area contributed by atoms with Crippen molar-refractivity contribution in [1.29, 1.82) is 0 Å². The van der Waals surface area contributed by atoms with Crippen LogP contribution in [0.2, 0.25) is 0 Å². The minimum Gasteiger partial charge on any atom is -0.504 e. The van der Waals surface area contributed by atoms with E-state index < -0.39 is 0 Å². The van der Waals surface area contributed by atoms with Crippen molar-refractivity contribution in [2.75, 3.05) is 18.9 Å². The van der Waals surface area contributed by atoms with Crippen molar-refractivity contribution in [3.63, 3.8) is 0 Å². The highest BCUT2D eigenvalue weighted by atomic mass is 16.5. The Kier molecular flexibility index (Phi) is 7.02. The number of aromatic hydroxyl groups is 1. The van der Waals surface area contributed by atoms with Crippen molar-refractivity contribution in [2.45, 2.75) is 39.0 Å². The number of allylic oxidation sites excluding steroid dienone is 1. The van der Waals surface area contributed by atoms with Gasteiger partial charge in [-0.25, -0.2) is 9.97 Å². The second-order valence-electron chi connectivity index (χ2n) is 8.98. The van der Waals surface area contributed by atoms with Crippen LogP contribution in [-0.2, 0) is 0 Å². The number of aromatic nitrogens is 3. The molecule has 1 amide bonds. The number of carbonyl (C=O) groups excluding carboxylic acids is 1. The number of nitrogens with one attached hydrogen (secondary N) is 1. The fourth-order valence-electron chi connectivity index (χ4n) is 4.55. The van der Waals surface area contributed by atoms with E-state index in [0.29, 0.717) is 46.7 Å². The molecule has 0 unspecified atom stereocenters. The van der Waals surface area contributed by atoms with Crippen LogP contribution in [0.5, 0.6) is 11.5 Å². The third kappa shape index (κ3) is 5.11. The summed E-state index contributed by atoms with van der Waals surface area (Å²) in [5.41, 5.74) is 10.9. The molecule has 9 heteroatoms. The molecule has 0 bridgehead atoms. The molecule has 2 heterocycles. The molecule has 0 saturated heterocycles. The Morgan fingerprint density at radius 3 is 2.78 bits per heavy atom. The van der Waals surface area contributed by atoms with Gasteiger partial charge in [-0.3, -0.25) is 4.79 Å². The van der Waals surface area contributed by atoms with Gasteiger partial charge in [0.25, 0.3) is 5.91 Å². The van der Waals surface area contributed by atoms with Crippen LogP contribution in [0.4, 0.5) is 5.82 Å². The number of hydrogen-bond donors (Lipinski definition) is 3. The Hall–Kier alpha value is -4.40. The summed E-state index contributed by atoms with van der Waals surface area (Å²) in [4.78, 5) is 22.8. The summed E-state index contributed by atoms with van der Waals surface area (Å²) in [7, 11) is 0. The van der Waals surface area contributed by atoms with Gasteiger partial charge in [0.2, 0.25) is 0 Å². The van der Waals surface area contributed by atoms with E-state index in [-0.39, 0.29) is 23.0 Å². The number of nitrogens with two attached hydrogens (primary N) is 1. The standard InChI is InChI=1S/C28H30N6O3/c1-2-37-23-16-19(12-13-22(23)35)17-31-34-26(29)24(28(36)30-15-14-18-8-4-3-5-9-18)25-27(34)33-21-11-7-6-10-20(21)32-25/h6-8,10-13,16-17,35H,2-5,9,14-15,29H2,1H3,(H,30,36)/b31-17-. The monoisotopic (exact) mass is 498 g/mol. The molecule has 4 N–H and O–H groups in total. The van der Waals surface area contributed by atoms with E-state index in [1.54, 1.807) is 18.3 Å². The van der Waals surface area contributed by atoms with Gasteiger partial charge >= 0.3 is 0 Å². The molecule has 190 valence electrons. The highest BCUT2D eigenvalue weighted by Gasteiger charge is 2.24. The molecule has 0 saturated carbocycles. The van der Waals surface area contributed by atoms with Gasteiger partial charge in [-0.1, -0.05) is 23.8 Å². The van der Waals surface area contributed by atoms with Gasteiger partial charge in [-0.2, -0.15) is 9.78 Å². The molecular formula is C28H30N6O3. The summed E-state index contributed by atoms with van der Waals surface area (Å²) in [5.74, 6) is 0.251. The molecule has 1 aliphatic rings. The number of fused-ring (bicyclic) bond motifs is 2. The van der Waals surface area contributed by atoms with Crippen LogP contribution in [0.3, 0.4) is 0 Å². The maximum Gasteiger partial charge on any atom is 0.257 e. The van der Waals surface area contributed by atoms with Gasteiger partial charge < -0.3 is 20.9 Å². The highest BCUT2D eigenvalue weighted by molar-refractivity contribution is 6.10. The number of carbonyl (C=O) groups is 1. The van der Waals surface area contributed by atoms with Crippen molar-refractivity contribution in [3.05, 3.63) is 65.2 Å². The minimum absolute atomic E-state index is 0.0465. The van der Waals surface area contributed by atoms with E-state index in [9.17, 15) is 9.90 Å². The summed E-state index contributed by atoms with van der Waals surface area (Å²) in [5, 5.41) is 17.5. The quantitative estimate of drug-likeness (QED) is 0.237. The normalized spacial score (nSPS) is 13.8. The van der Waals surface area contributed by atoms with Crippen LogP contribution in [0.15, 0.2) is 59.2 Å². The SMILES string of the molecule is CCOc1cc(/C=N\n2c(N)c(C(=O)NCCC3=CCCCC3)c3nc4ccccc4nc32)ccc1O. The topological polar surface area (TPSA) is 128 Å². The number of rotatable bonds is 8. The molecule has 0 aliphatic heterocycles. The Balaban J connectivity index is 1.51. The molecule has 0 fully saturated rings. The lowest BCUT2D eigenvalue weighted by Crippen LogP contribution is -2.25. The number of hydrogen-bond acceptors (Lipinski definition) is 7. The smallest absolute Gasteiger partial charge is 0.257 e. The molecule has 0 atom stereocenters. The number of phenolic OH excluding ortho intramolecular Hbond substituents is 1. The van der Waals surface area contributed by atoms with E-state index in [0.717, 1.165) is 19.3 Å².